The monoisotopic (exact) mass is 310 g/mol. The van der Waals surface area contributed by atoms with Gasteiger partial charge in [0.15, 0.2) is 0 Å². The topological polar surface area (TPSA) is 69.6 Å². The number of urea groups is 1. The van der Waals surface area contributed by atoms with Crippen LogP contribution in [-0.4, -0.2) is 35.1 Å². The van der Waals surface area contributed by atoms with Gasteiger partial charge in [-0.05, 0) is 43.2 Å². The highest BCUT2D eigenvalue weighted by molar-refractivity contribution is 7.10. The number of hydrogen-bond donors (Lipinski definition) is 2. The van der Waals surface area contributed by atoms with Gasteiger partial charge in [0.25, 0.3) is 0 Å². The van der Waals surface area contributed by atoms with Crippen molar-refractivity contribution in [2.45, 2.75) is 39.7 Å². The van der Waals surface area contributed by atoms with Gasteiger partial charge < -0.3 is 15.3 Å². The summed E-state index contributed by atoms with van der Waals surface area (Å²) in [7, 11) is 0. The molecule has 1 aliphatic rings. The number of nitrogens with zero attached hydrogens (tertiary/aromatic N) is 1. The summed E-state index contributed by atoms with van der Waals surface area (Å²) in [4.78, 5) is 26.2. The van der Waals surface area contributed by atoms with Crippen LogP contribution in [0, 0.1) is 5.41 Å². The van der Waals surface area contributed by atoms with E-state index in [1.165, 1.54) is 10.4 Å². The quantitative estimate of drug-likeness (QED) is 0.898. The highest BCUT2D eigenvalue weighted by Crippen LogP contribution is 2.31. The van der Waals surface area contributed by atoms with Gasteiger partial charge in [0.2, 0.25) is 0 Å². The molecule has 1 aromatic heterocycles. The zero-order chi connectivity index (χ0) is 15.5. The molecule has 1 saturated heterocycles. The van der Waals surface area contributed by atoms with Crippen LogP contribution >= 0.6 is 11.3 Å². The molecule has 0 atom stereocenters. The summed E-state index contributed by atoms with van der Waals surface area (Å²) in [5, 5.41) is 14.2. The molecular formula is C15H22N2O3S. The second-order valence-electron chi connectivity index (χ2n) is 5.73. The van der Waals surface area contributed by atoms with Crippen LogP contribution in [0.15, 0.2) is 11.4 Å². The van der Waals surface area contributed by atoms with Gasteiger partial charge in [0, 0.05) is 18.0 Å². The Hall–Kier alpha value is -1.56. The van der Waals surface area contributed by atoms with Gasteiger partial charge in [-0.25, -0.2) is 4.79 Å². The molecule has 2 rings (SSSR count). The maximum absolute atomic E-state index is 12.1. The predicted molar refractivity (Wildman–Crippen MR) is 82.5 cm³/mol. The van der Waals surface area contributed by atoms with Gasteiger partial charge in [-0.3, -0.25) is 4.79 Å². The molecule has 0 bridgehead atoms. The van der Waals surface area contributed by atoms with E-state index in [1.54, 1.807) is 23.2 Å². The minimum absolute atomic E-state index is 0.0992. The Kier molecular flexibility index (Phi) is 4.88. The molecule has 6 heteroatoms. The lowest BCUT2D eigenvalue weighted by atomic mass is 9.80. The standard InChI is InChI=1S/C15H22N2O3S/c1-3-11-4-9-21-12(11)10-16-14(20)17-7-5-15(2,6-8-17)13(18)19/h4,9H,3,5-8,10H2,1-2H3,(H,16,20)(H,18,19). The average molecular weight is 310 g/mol. The van der Waals surface area contributed by atoms with Gasteiger partial charge in [-0.1, -0.05) is 6.92 Å². The summed E-state index contributed by atoms with van der Waals surface area (Å²) in [5.74, 6) is -0.770. The molecule has 0 unspecified atom stereocenters. The normalized spacial score (nSPS) is 17.5. The van der Waals surface area contributed by atoms with Crippen LogP contribution in [0.5, 0.6) is 0 Å². The fourth-order valence-corrected chi connectivity index (χ4v) is 3.44. The van der Waals surface area contributed by atoms with Crippen LogP contribution in [0.25, 0.3) is 0 Å². The predicted octanol–water partition coefficient (Wildman–Crippen LogP) is 2.71. The average Bonchev–Trinajstić information content (AvgIpc) is 2.92. The second kappa shape index (κ2) is 6.47. The highest BCUT2D eigenvalue weighted by Gasteiger charge is 2.37. The summed E-state index contributed by atoms with van der Waals surface area (Å²) in [6, 6.07) is 1.99. The number of aliphatic carboxylic acids is 1. The molecule has 2 heterocycles. The highest BCUT2D eigenvalue weighted by atomic mass is 32.1. The van der Waals surface area contributed by atoms with Gasteiger partial charge in [-0.2, -0.15) is 0 Å². The lowest BCUT2D eigenvalue weighted by Crippen LogP contribution is -2.48. The Labute approximate surface area is 129 Å². The third-order valence-corrected chi connectivity index (χ3v) is 5.25. The summed E-state index contributed by atoms with van der Waals surface area (Å²) in [6.07, 6.45) is 1.99. The number of piperidine rings is 1. The molecule has 0 aliphatic carbocycles. The van der Waals surface area contributed by atoms with Crippen molar-refractivity contribution in [3.05, 3.63) is 21.9 Å². The molecule has 0 aromatic carbocycles. The number of nitrogens with one attached hydrogen (secondary N) is 1. The molecule has 5 nitrogen and oxygen atoms in total. The van der Waals surface area contributed by atoms with E-state index in [0.29, 0.717) is 32.5 Å². The van der Waals surface area contributed by atoms with Crippen LogP contribution < -0.4 is 5.32 Å². The smallest absolute Gasteiger partial charge is 0.317 e. The minimum atomic E-state index is -0.770. The third kappa shape index (κ3) is 3.56. The number of hydrogen-bond acceptors (Lipinski definition) is 3. The van der Waals surface area contributed by atoms with Crippen molar-refractivity contribution < 1.29 is 14.7 Å². The largest absolute Gasteiger partial charge is 0.481 e. The SMILES string of the molecule is CCc1ccsc1CNC(=O)N1CCC(C)(C(=O)O)CC1. The first kappa shape index (κ1) is 15.8. The fraction of sp³-hybridized carbons (Fsp3) is 0.600. The summed E-state index contributed by atoms with van der Waals surface area (Å²) < 4.78 is 0. The Balaban J connectivity index is 1.84. The first-order valence-electron chi connectivity index (χ1n) is 7.27. The van der Waals surface area contributed by atoms with Crippen molar-refractivity contribution in [3.8, 4) is 0 Å². The molecule has 0 saturated carbocycles. The van der Waals surface area contributed by atoms with E-state index < -0.39 is 11.4 Å². The number of rotatable bonds is 4. The number of carbonyl (C=O) groups is 2. The Morgan fingerprint density at radius 3 is 2.67 bits per heavy atom. The number of thiophene rings is 1. The van der Waals surface area contributed by atoms with E-state index in [0.717, 1.165) is 6.42 Å². The van der Waals surface area contributed by atoms with Gasteiger partial charge in [0.1, 0.15) is 0 Å². The first-order valence-corrected chi connectivity index (χ1v) is 8.15. The van der Waals surface area contributed by atoms with E-state index in [1.807, 2.05) is 5.38 Å². The number of aryl methyl sites for hydroxylation is 1. The molecule has 1 aromatic rings. The number of likely N-dealkylation sites (tertiary alicyclic amines) is 1. The van der Waals surface area contributed by atoms with E-state index in [2.05, 4.69) is 18.3 Å². The molecule has 2 N–H and O–H groups in total. The van der Waals surface area contributed by atoms with Gasteiger partial charge in [-0.15, -0.1) is 11.3 Å². The molecule has 0 spiro atoms. The first-order chi connectivity index (χ1) is 9.96. The molecule has 21 heavy (non-hydrogen) atoms. The second-order valence-corrected chi connectivity index (χ2v) is 6.73. The summed E-state index contributed by atoms with van der Waals surface area (Å²) >= 11 is 1.66. The van der Waals surface area contributed by atoms with Crippen LogP contribution in [0.1, 0.15) is 37.1 Å². The maximum atomic E-state index is 12.1. The van der Waals surface area contributed by atoms with E-state index in [9.17, 15) is 14.7 Å². The molecule has 1 fully saturated rings. The Morgan fingerprint density at radius 1 is 1.43 bits per heavy atom. The lowest BCUT2D eigenvalue weighted by molar-refractivity contribution is -0.150. The lowest BCUT2D eigenvalue weighted by Gasteiger charge is -2.36. The van der Waals surface area contributed by atoms with Crippen molar-refractivity contribution in [2.24, 2.45) is 5.41 Å². The van der Waals surface area contributed by atoms with Gasteiger partial charge in [0.05, 0.1) is 12.0 Å². The van der Waals surface area contributed by atoms with Crippen LogP contribution in [0.3, 0.4) is 0 Å². The Bertz CT molecular complexity index is 519. The van der Waals surface area contributed by atoms with Crippen LogP contribution in [0.4, 0.5) is 4.79 Å². The minimum Gasteiger partial charge on any atom is -0.481 e. The maximum Gasteiger partial charge on any atom is 0.317 e. The molecule has 0 radical (unpaired) electrons. The van der Waals surface area contributed by atoms with Gasteiger partial charge >= 0.3 is 12.0 Å². The third-order valence-electron chi connectivity index (χ3n) is 4.29. The van der Waals surface area contributed by atoms with Crippen molar-refractivity contribution in [1.29, 1.82) is 0 Å². The number of carboxylic acid groups (broad SMARTS) is 1. The van der Waals surface area contributed by atoms with Crippen LogP contribution in [0.2, 0.25) is 0 Å². The van der Waals surface area contributed by atoms with E-state index >= 15 is 0 Å². The number of carboxylic acids is 1. The summed E-state index contributed by atoms with van der Waals surface area (Å²) in [6.45, 7) is 5.40. The van der Waals surface area contributed by atoms with E-state index in [4.69, 9.17) is 0 Å². The molecule has 2 amide bonds. The van der Waals surface area contributed by atoms with Crippen molar-refractivity contribution in [2.75, 3.05) is 13.1 Å². The Morgan fingerprint density at radius 2 is 2.10 bits per heavy atom. The van der Waals surface area contributed by atoms with Crippen molar-refractivity contribution in [1.82, 2.24) is 10.2 Å². The van der Waals surface area contributed by atoms with Crippen molar-refractivity contribution >= 4 is 23.3 Å². The zero-order valence-electron chi connectivity index (χ0n) is 12.5. The molecule has 116 valence electrons. The molecule has 1 aliphatic heterocycles. The zero-order valence-corrected chi connectivity index (χ0v) is 13.3. The number of amides is 2. The van der Waals surface area contributed by atoms with Crippen molar-refractivity contribution in [3.63, 3.8) is 0 Å². The van der Waals surface area contributed by atoms with Crippen LogP contribution in [-0.2, 0) is 17.8 Å². The number of carbonyl (C=O) groups excluding carboxylic acids is 1. The van der Waals surface area contributed by atoms with E-state index in [-0.39, 0.29) is 6.03 Å². The summed E-state index contributed by atoms with van der Waals surface area (Å²) in [5.41, 5.74) is 0.581. The molecular weight excluding hydrogens is 288 g/mol. The fourth-order valence-electron chi connectivity index (χ4n) is 2.52.